The molecule has 7 nitrogen and oxygen atoms in total. The Balaban J connectivity index is 2.48. The molecule has 0 bridgehead atoms. The molecule has 7 heteroatoms. The molecule has 0 N–H and O–H groups in total. The van der Waals surface area contributed by atoms with Crippen molar-refractivity contribution < 1.29 is 23.7 Å². The normalized spacial score (nSPS) is 15.4. The number of esters is 1. The highest BCUT2D eigenvalue weighted by Gasteiger charge is 2.26. The number of rotatable bonds is 5. The van der Waals surface area contributed by atoms with Gasteiger partial charge in [0.15, 0.2) is 17.2 Å². The summed E-state index contributed by atoms with van der Waals surface area (Å²) in [5.41, 5.74) is 0.791. The maximum Gasteiger partial charge on any atom is 0.365 e. The average molecular weight is 306 g/mol. The molecule has 0 spiro atoms. The van der Waals surface area contributed by atoms with E-state index in [-0.39, 0.29) is 11.6 Å². The third-order valence-corrected chi connectivity index (χ3v) is 2.91. The highest BCUT2D eigenvalue weighted by molar-refractivity contribution is 6.11. The Kier molecular flexibility index (Phi) is 4.55. The van der Waals surface area contributed by atoms with Crippen molar-refractivity contribution in [2.75, 3.05) is 35.4 Å². The quantitative estimate of drug-likeness (QED) is 0.605. The van der Waals surface area contributed by atoms with E-state index in [2.05, 4.69) is 4.99 Å². The maximum atomic E-state index is 11.8. The Hall–Kier alpha value is -2.70. The lowest BCUT2D eigenvalue weighted by Gasteiger charge is -2.13. The lowest BCUT2D eigenvalue weighted by molar-refractivity contribution is -0.130. The summed E-state index contributed by atoms with van der Waals surface area (Å²) >= 11 is 0. The van der Waals surface area contributed by atoms with E-state index in [9.17, 15) is 4.79 Å². The second-order valence-electron chi connectivity index (χ2n) is 4.70. The number of ether oxygens (including phenoxy) is 4. The first kappa shape index (κ1) is 15.7. The van der Waals surface area contributed by atoms with Crippen molar-refractivity contribution in [2.24, 2.45) is 4.99 Å². The minimum absolute atomic E-state index is 0.192. The lowest BCUT2D eigenvalue weighted by Crippen LogP contribution is -2.08. The predicted molar refractivity (Wildman–Crippen MR) is 80.5 cm³/mol. The zero-order chi connectivity index (χ0) is 16.3. The summed E-state index contributed by atoms with van der Waals surface area (Å²) in [5.74, 6) is 1.07. The summed E-state index contributed by atoms with van der Waals surface area (Å²) in [6.07, 6.45) is 1.59. The van der Waals surface area contributed by atoms with Crippen molar-refractivity contribution >= 4 is 11.9 Å². The number of hydrogen-bond donors (Lipinski definition) is 0. The molecule has 1 aromatic rings. The molecule has 0 saturated carbocycles. The van der Waals surface area contributed by atoms with Gasteiger partial charge in [-0.15, -0.1) is 0 Å². The maximum absolute atomic E-state index is 11.8. The number of carbonyl (C=O) groups is 1. The number of aliphatic imine (C=N–C) groups is 1. The number of nitrogens with zero attached hydrogens (tertiary/aromatic N) is 2. The molecule has 0 aliphatic carbocycles. The van der Waals surface area contributed by atoms with Gasteiger partial charge in [0.05, 0.1) is 21.3 Å². The molecular weight excluding hydrogens is 288 g/mol. The van der Waals surface area contributed by atoms with Gasteiger partial charge in [0.25, 0.3) is 0 Å². The van der Waals surface area contributed by atoms with Gasteiger partial charge in [-0.05, 0) is 12.1 Å². The summed E-state index contributed by atoms with van der Waals surface area (Å²) in [5, 5.41) is 0. The molecule has 0 radical (unpaired) electrons. The van der Waals surface area contributed by atoms with Gasteiger partial charge in [0.2, 0.25) is 11.6 Å². The van der Waals surface area contributed by atoms with Crippen LogP contribution in [-0.4, -0.2) is 52.2 Å². The number of carbonyl (C=O) groups excluding carboxylic acids is 1. The lowest BCUT2D eigenvalue weighted by atomic mass is 10.2. The van der Waals surface area contributed by atoms with Gasteiger partial charge in [0, 0.05) is 25.9 Å². The minimum atomic E-state index is -0.502. The van der Waals surface area contributed by atoms with Crippen molar-refractivity contribution in [1.82, 2.24) is 4.90 Å². The van der Waals surface area contributed by atoms with E-state index in [4.69, 9.17) is 18.9 Å². The molecule has 0 amide bonds. The van der Waals surface area contributed by atoms with Crippen LogP contribution in [0.2, 0.25) is 0 Å². The van der Waals surface area contributed by atoms with Crippen LogP contribution in [0, 0.1) is 0 Å². The molecule has 0 atom stereocenters. The molecule has 22 heavy (non-hydrogen) atoms. The van der Waals surface area contributed by atoms with Crippen LogP contribution >= 0.6 is 0 Å². The van der Waals surface area contributed by atoms with E-state index in [0.29, 0.717) is 22.8 Å². The van der Waals surface area contributed by atoms with Gasteiger partial charge in [-0.1, -0.05) is 0 Å². The predicted octanol–water partition coefficient (Wildman–Crippen LogP) is 1.42. The molecule has 0 saturated heterocycles. The third kappa shape index (κ3) is 2.98. The number of hydrogen-bond acceptors (Lipinski definition) is 7. The fourth-order valence-corrected chi connectivity index (χ4v) is 1.97. The molecule has 118 valence electrons. The molecule has 0 aromatic heterocycles. The topological polar surface area (TPSA) is 69.6 Å². The summed E-state index contributed by atoms with van der Waals surface area (Å²) < 4.78 is 21.0. The summed E-state index contributed by atoms with van der Waals surface area (Å²) in [6.45, 7) is 0. The van der Waals surface area contributed by atoms with Gasteiger partial charge in [-0.25, -0.2) is 9.79 Å². The van der Waals surface area contributed by atoms with Crippen LogP contribution in [0.1, 0.15) is 5.56 Å². The van der Waals surface area contributed by atoms with Gasteiger partial charge in [0.1, 0.15) is 0 Å². The van der Waals surface area contributed by atoms with Crippen molar-refractivity contribution in [3.8, 4) is 17.2 Å². The van der Waals surface area contributed by atoms with Crippen LogP contribution in [0.4, 0.5) is 0 Å². The second-order valence-corrected chi connectivity index (χ2v) is 4.70. The molecule has 1 aliphatic rings. The zero-order valence-electron chi connectivity index (χ0n) is 13.2. The molecular formula is C15H18N2O5. The van der Waals surface area contributed by atoms with Gasteiger partial charge < -0.3 is 23.8 Å². The highest BCUT2D eigenvalue weighted by Crippen LogP contribution is 2.38. The summed E-state index contributed by atoms with van der Waals surface area (Å²) in [7, 11) is 8.15. The molecule has 0 unspecified atom stereocenters. The first-order valence-corrected chi connectivity index (χ1v) is 6.49. The van der Waals surface area contributed by atoms with Crippen molar-refractivity contribution in [1.29, 1.82) is 0 Å². The van der Waals surface area contributed by atoms with Crippen LogP contribution in [0.25, 0.3) is 0 Å². The smallest absolute Gasteiger partial charge is 0.365 e. The largest absolute Gasteiger partial charge is 0.493 e. The van der Waals surface area contributed by atoms with Crippen molar-refractivity contribution in [3.05, 3.63) is 29.6 Å². The van der Waals surface area contributed by atoms with Crippen LogP contribution in [0.5, 0.6) is 17.2 Å². The number of methoxy groups -OCH3 is 3. The van der Waals surface area contributed by atoms with E-state index in [1.807, 2.05) is 0 Å². The summed E-state index contributed by atoms with van der Waals surface area (Å²) in [4.78, 5) is 17.7. The fraction of sp³-hybridized carbons (Fsp3) is 0.333. The van der Waals surface area contributed by atoms with Crippen LogP contribution < -0.4 is 14.2 Å². The molecule has 0 fully saturated rings. The van der Waals surface area contributed by atoms with E-state index in [0.717, 1.165) is 0 Å². The van der Waals surface area contributed by atoms with E-state index < -0.39 is 5.97 Å². The monoisotopic (exact) mass is 306 g/mol. The summed E-state index contributed by atoms with van der Waals surface area (Å²) in [6, 6.07) is 3.35. The van der Waals surface area contributed by atoms with E-state index in [1.54, 1.807) is 37.3 Å². The van der Waals surface area contributed by atoms with E-state index in [1.165, 1.54) is 21.3 Å². The van der Waals surface area contributed by atoms with Gasteiger partial charge in [-0.2, -0.15) is 0 Å². The highest BCUT2D eigenvalue weighted by atomic mass is 16.6. The first-order valence-electron chi connectivity index (χ1n) is 6.49. The molecule has 1 aliphatic heterocycles. The third-order valence-electron chi connectivity index (χ3n) is 2.91. The van der Waals surface area contributed by atoms with Crippen molar-refractivity contribution in [3.63, 3.8) is 0 Å². The van der Waals surface area contributed by atoms with E-state index >= 15 is 0 Å². The Morgan fingerprint density at radius 2 is 1.68 bits per heavy atom. The Labute approximate surface area is 128 Å². The Bertz CT molecular complexity index is 624. The molecule has 1 heterocycles. The molecule has 1 aromatic carbocycles. The fourth-order valence-electron chi connectivity index (χ4n) is 1.97. The Morgan fingerprint density at radius 3 is 2.14 bits per heavy atom. The van der Waals surface area contributed by atoms with Crippen LogP contribution in [-0.2, 0) is 9.53 Å². The van der Waals surface area contributed by atoms with Gasteiger partial charge >= 0.3 is 5.97 Å². The zero-order valence-corrected chi connectivity index (χ0v) is 13.2. The van der Waals surface area contributed by atoms with Gasteiger partial charge in [-0.3, -0.25) is 0 Å². The first-order chi connectivity index (χ1) is 10.5. The van der Waals surface area contributed by atoms with Crippen LogP contribution in [0.3, 0.4) is 0 Å². The molecule has 2 rings (SSSR count). The second kappa shape index (κ2) is 6.38. The standard InChI is InChI=1S/C15H18N2O5/c1-17(2)8-10-15(18)22-14(16-10)9-6-11(19-3)13(21-5)12(7-9)20-4/h6-8H,1-5H3/b10-8+. The average Bonchev–Trinajstić information content (AvgIpc) is 2.86. The van der Waals surface area contributed by atoms with Crippen LogP contribution in [0.15, 0.2) is 29.0 Å². The Morgan fingerprint density at radius 1 is 1.09 bits per heavy atom. The SMILES string of the molecule is COc1cc(C2=N/C(=C/N(C)C)C(=O)O2)cc(OC)c1OC. The number of cyclic esters (lactones) is 1. The van der Waals surface area contributed by atoms with Crippen molar-refractivity contribution in [2.45, 2.75) is 0 Å². The minimum Gasteiger partial charge on any atom is -0.493 e. The number of benzene rings is 1.